The van der Waals surface area contributed by atoms with E-state index in [1.165, 1.54) is 11.5 Å². The van der Waals surface area contributed by atoms with Gasteiger partial charge in [-0.05, 0) is 68.9 Å². The Hall–Kier alpha value is -2.69. The number of ether oxygens (including phenoxy) is 2. The van der Waals surface area contributed by atoms with Crippen LogP contribution < -0.4 is 20.1 Å². The SMILES string of the molecule is OCC(O)CNCc1ccc(Nc2nsc3c(-c4ccc5c(c4)OCCO5)cccc23)c(Br)c1. The first kappa shape index (κ1) is 23.1. The number of hydrogen-bond donors (Lipinski definition) is 4. The first-order valence-electron chi connectivity index (χ1n) is 11.0. The molecule has 0 amide bonds. The fourth-order valence-corrected chi connectivity index (χ4v) is 5.24. The van der Waals surface area contributed by atoms with Crippen LogP contribution in [0.15, 0.2) is 59.1 Å². The second kappa shape index (κ2) is 10.3. The highest BCUT2D eigenvalue weighted by Gasteiger charge is 2.16. The highest BCUT2D eigenvalue weighted by molar-refractivity contribution is 9.10. The molecule has 5 rings (SSSR count). The predicted molar refractivity (Wildman–Crippen MR) is 138 cm³/mol. The molecular formula is C25H24BrN3O4S. The molecule has 0 saturated carbocycles. The molecule has 34 heavy (non-hydrogen) atoms. The summed E-state index contributed by atoms with van der Waals surface area (Å²) in [5.74, 6) is 2.35. The Morgan fingerprint density at radius 2 is 1.91 bits per heavy atom. The maximum atomic E-state index is 9.46. The minimum absolute atomic E-state index is 0.252. The summed E-state index contributed by atoms with van der Waals surface area (Å²) < 4.78 is 18.1. The molecular weight excluding hydrogens is 518 g/mol. The van der Waals surface area contributed by atoms with Gasteiger partial charge < -0.3 is 30.3 Å². The van der Waals surface area contributed by atoms with E-state index in [0.29, 0.717) is 26.3 Å². The van der Waals surface area contributed by atoms with Crippen molar-refractivity contribution in [1.29, 1.82) is 0 Å². The first-order chi connectivity index (χ1) is 16.6. The first-order valence-corrected chi connectivity index (χ1v) is 12.5. The van der Waals surface area contributed by atoms with E-state index >= 15 is 0 Å². The molecule has 0 saturated heterocycles. The summed E-state index contributed by atoms with van der Waals surface area (Å²) >= 11 is 5.11. The average molecular weight is 542 g/mol. The van der Waals surface area contributed by atoms with Crippen molar-refractivity contribution in [3.8, 4) is 22.6 Å². The molecule has 4 N–H and O–H groups in total. The third kappa shape index (κ3) is 4.89. The minimum Gasteiger partial charge on any atom is -0.486 e. The van der Waals surface area contributed by atoms with Gasteiger partial charge in [0.15, 0.2) is 17.3 Å². The lowest BCUT2D eigenvalue weighted by Crippen LogP contribution is -2.28. The molecule has 1 unspecified atom stereocenters. The van der Waals surface area contributed by atoms with Crippen LogP contribution in [0.25, 0.3) is 21.2 Å². The van der Waals surface area contributed by atoms with Gasteiger partial charge in [-0.15, -0.1) is 0 Å². The smallest absolute Gasteiger partial charge is 0.161 e. The largest absolute Gasteiger partial charge is 0.486 e. The molecule has 9 heteroatoms. The topological polar surface area (TPSA) is 95.9 Å². The molecule has 1 aliphatic rings. The third-order valence-corrected chi connectivity index (χ3v) is 7.11. The van der Waals surface area contributed by atoms with Gasteiger partial charge in [0.05, 0.1) is 23.1 Å². The van der Waals surface area contributed by atoms with Gasteiger partial charge in [-0.1, -0.05) is 24.3 Å². The zero-order chi connectivity index (χ0) is 23.5. The molecule has 0 bridgehead atoms. The van der Waals surface area contributed by atoms with Gasteiger partial charge in [-0.25, -0.2) is 0 Å². The summed E-state index contributed by atoms with van der Waals surface area (Å²) in [6, 6.07) is 18.3. The second-order valence-electron chi connectivity index (χ2n) is 7.98. The van der Waals surface area contributed by atoms with Crippen LogP contribution in [0.5, 0.6) is 11.5 Å². The number of halogens is 1. The van der Waals surface area contributed by atoms with Gasteiger partial charge in [-0.2, -0.15) is 4.37 Å². The summed E-state index contributed by atoms with van der Waals surface area (Å²) in [6.07, 6.45) is -0.755. The number of nitrogens with zero attached hydrogens (tertiary/aromatic N) is 1. The predicted octanol–water partition coefficient (Wildman–Crippen LogP) is 4.68. The summed E-state index contributed by atoms with van der Waals surface area (Å²) in [6.45, 7) is 1.81. The van der Waals surface area contributed by atoms with Crippen LogP contribution in [0.3, 0.4) is 0 Å². The fourth-order valence-electron chi connectivity index (χ4n) is 3.84. The molecule has 7 nitrogen and oxygen atoms in total. The van der Waals surface area contributed by atoms with Gasteiger partial charge in [0, 0.05) is 28.5 Å². The average Bonchev–Trinajstić information content (AvgIpc) is 3.28. The number of nitrogens with one attached hydrogen (secondary N) is 2. The number of aliphatic hydroxyl groups is 2. The van der Waals surface area contributed by atoms with Gasteiger partial charge in [0.1, 0.15) is 13.2 Å². The number of hydrogen-bond acceptors (Lipinski definition) is 8. The van der Waals surface area contributed by atoms with Crippen molar-refractivity contribution in [2.45, 2.75) is 12.6 Å². The summed E-state index contributed by atoms with van der Waals surface area (Å²) in [7, 11) is 0. The normalized spacial score (nSPS) is 13.7. The van der Waals surface area contributed by atoms with Crippen LogP contribution in [-0.2, 0) is 6.54 Å². The van der Waals surface area contributed by atoms with Crippen molar-refractivity contribution >= 4 is 49.1 Å². The summed E-state index contributed by atoms with van der Waals surface area (Å²) in [5, 5.41) is 26.0. The number of benzene rings is 3. The number of anilines is 2. The number of aromatic nitrogens is 1. The molecule has 176 valence electrons. The highest BCUT2D eigenvalue weighted by Crippen LogP contribution is 2.40. The lowest BCUT2D eigenvalue weighted by molar-refractivity contribution is 0.0942. The van der Waals surface area contributed by atoms with Crippen molar-refractivity contribution in [1.82, 2.24) is 9.69 Å². The van der Waals surface area contributed by atoms with E-state index in [-0.39, 0.29) is 6.61 Å². The maximum absolute atomic E-state index is 9.46. The van der Waals surface area contributed by atoms with Gasteiger partial charge in [-0.3, -0.25) is 0 Å². The van der Waals surface area contributed by atoms with Crippen LogP contribution in [0.2, 0.25) is 0 Å². The van der Waals surface area contributed by atoms with Crippen LogP contribution in [0.4, 0.5) is 11.5 Å². The van der Waals surface area contributed by atoms with Crippen molar-refractivity contribution in [2.75, 3.05) is 31.7 Å². The van der Waals surface area contributed by atoms with Crippen molar-refractivity contribution in [3.63, 3.8) is 0 Å². The molecule has 0 aliphatic carbocycles. The monoisotopic (exact) mass is 541 g/mol. The molecule has 4 aromatic rings. The van der Waals surface area contributed by atoms with Crippen molar-refractivity contribution in [2.24, 2.45) is 0 Å². The van der Waals surface area contributed by atoms with Crippen LogP contribution in [0, 0.1) is 0 Å². The molecule has 1 aromatic heterocycles. The summed E-state index contributed by atoms with van der Waals surface area (Å²) in [4.78, 5) is 0. The van der Waals surface area contributed by atoms with E-state index in [9.17, 15) is 5.11 Å². The Kier molecular flexibility index (Phi) is 6.98. The van der Waals surface area contributed by atoms with Crippen LogP contribution in [0.1, 0.15) is 5.56 Å². The zero-order valence-electron chi connectivity index (χ0n) is 18.3. The highest BCUT2D eigenvalue weighted by atomic mass is 79.9. The molecule has 0 fully saturated rings. The quantitative estimate of drug-likeness (QED) is 0.257. The summed E-state index contributed by atoms with van der Waals surface area (Å²) in [5.41, 5.74) is 4.14. The zero-order valence-corrected chi connectivity index (χ0v) is 20.7. The van der Waals surface area contributed by atoms with Gasteiger partial charge >= 0.3 is 0 Å². The maximum Gasteiger partial charge on any atom is 0.161 e. The Balaban J connectivity index is 1.37. The molecule has 0 spiro atoms. The van der Waals surface area contributed by atoms with Gasteiger partial charge in [0.2, 0.25) is 0 Å². The van der Waals surface area contributed by atoms with E-state index in [1.54, 1.807) is 0 Å². The van der Waals surface area contributed by atoms with E-state index in [1.807, 2.05) is 36.4 Å². The van der Waals surface area contributed by atoms with Crippen LogP contribution >= 0.6 is 27.5 Å². The number of fused-ring (bicyclic) bond motifs is 2. The third-order valence-electron chi connectivity index (χ3n) is 5.56. The Bertz CT molecular complexity index is 1310. The van der Waals surface area contributed by atoms with E-state index < -0.39 is 6.10 Å². The molecule has 1 aliphatic heterocycles. The Labute approximate surface area is 209 Å². The Morgan fingerprint density at radius 3 is 2.74 bits per heavy atom. The van der Waals surface area contributed by atoms with E-state index in [2.05, 4.69) is 44.8 Å². The van der Waals surface area contributed by atoms with Crippen LogP contribution in [-0.4, -0.2) is 47.1 Å². The lowest BCUT2D eigenvalue weighted by atomic mass is 10.0. The van der Waals surface area contributed by atoms with Gasteiger partial charge in [0.25, 0.3) is 0 Å². The molecule has 1 atom stereocenters. The van der Waals surface area contributed by atoms with E-state index in [0.717, 1.165) is 54.3 Å². The van der Waals surface area contributed by atoms with Crippen molar-refractivity contribution in [3.05, 3.63) is 64.6 Å². The number of aliphatic hydroxyl groups excluding tert-OH is 2. The van der Waals surface area contributed by atoms with E-state index in [4.69, 9.17) is 19.0 Å². The number of rotatable bonds is 8. The molecule has 0 radical (unpaired) electrons. The van der Waals surface area contributed by atoms with Crippen molar-refractivity contribution < 1.29 is 19.7 Å². The fraction of sp³-hybridized carbons (Fsp3) is 0.240. The second-order valence-corrected chi connectivity index (χ2v) is 9.61. The Morgan fingerprint density at radius 1 is 1.06 bits per heavy atom. The molecule has 3 aromatic carbocycles. The standard InChI is InChI=1S/C25H24BrN3O4S/c26-20-10-15(12-27-13-17(31)14-30)4-6-21(20)28-25-19-3-1-2-18(24(19)34-29-25)16-5-7-22-23(11-16)33-9-8-32-22/h1-7,10-11,17,27,30-31H,8-9,12-14H2,(H,28,29). The molecule has 2 heterocycles. The minimum atomic E-state index is -0.755. The lowest BCUT2D eigenvalue weighted by Gasteiger charge is -2.19.